The number of hydrogen-bond donors (Lipinski definition) is 1. The minimum Gasteiger partial charge on any atom is -0.200 e. The highest BCUT2D eigenvalue weighted by Crippen LogP contribution is 2.22. The summed E-state index contributed by atoms with van der Waals surface area (Å²) in [5.74, 6) is -0.0791. The van der Waals surface area contributed by atoms with E-state index in [-0.39, 0.29) is 10.8 Å². The van der Waals surface area contributed by atoms with E-state index in [9.17, 15) is 8.42 Å². The first-order valence-electron chi connectivity index (χ1n) is 9.15. The van der Waals surface area contributed by atoms with Crippen molar-refractivity contribution in [3.05, 3.63) is 101 Å². The molecule has 0 radical (unpaired) electrons. The average Bonchev–Trinajstić information content (AvgIpc) is 2.70. The van der Waals surface area contributed by atoms with Crippen molar-refractivity contribution in [1.29, 1.82) is 0 Å². The highest BCUT2D eigenvalue weighted by molar-refractivity contribution is 7.89. The Balaban J connectivity index is 1.98. The van der Waals surface area contributed by atoms with Crippen molar-refractivity contribution in [1.82, 2.24) is 4.83 Å². The van der Waals surface area contributed by atoms with Crippen LogP contribution in [0.4, 0.5) is 0 Å². The van der Waals surface area contributed by atoms with E-state index in [1.807, 2.05) is 75.4 Å². The van der Waals surface area contributed by atoms with Crippen LogP contribution in [0.3, 0.4) is 0 Å². The Hall–Kier alpha value is -2.92. The summed E-state index contributed by atoms with van der Waals surface area (Å²) in [7, 11) is -3.74. The van der Waals surface area contributed by atoms with Crippen LogP contribution in [0.1, 0.15) is 35.1 Å². The maximum Gasteiger partial charge on any atom is 0.276 e. The van der Waals surface area contributed by atoms with Crippen molar-refractivity contribution >= 4 is 15.7 Å². The maximum absolute atomic E-state index is 12.7. The average molecular weight is 393 g/mol. The molecule has 0 aromatic heterocycles. The van der Waals surface area contributed by atoms with Crippen LogP contribution < -0.4 is 4.83 Å². The van der Waals surface area contributed by atoms with E-state index in [0.29, 0.717) is 5.71 Å². The fraction of sp³-hybridized carbons (Fsp3) is 0.174. The predicted molar refractivity (Wildman–Crippen MR) is 114 cm³/mol. The van der Waals surface area contributed by atoms with Crippen LogP contribution in [0.2, 0.25) is 0 Å². The zero-order valence-electron chi connectivity index (χ0n) is 16.3. The number of hydrazone groups is 1. The van der Waals surface area contributed by atoms with Crippen molar-refractivity contribution in [2.45, 2.75) is 31.6 Å². The Morgan fingerprint density at radius 3 is 1.93 bits per heavy atom. The van der Waals surface area contributed by atoms with E-state index in [2.05, 4.69) is 9.93 Å². The number of hydrogen-bond acceptors (Lipinski definition) is 3. The van der Waals surface area contributed by atoms with Gasteiger partial charge in [-0.2, -0.15) is 18.4 Å². The highest BCUT2D eigenvalue weighted by Gasteiger charge is 2.18. The fourth-order valence-electron chi connectivity index (χ4n) is 2.91. The molecule has 5 heteroatoms. The third kappa shape index (κ3) is 4.67. The predicted octanol–water partition coefficient (Wildman–Crippen LogP) is 4.79. The number of rotatable bonds is 6. The molecule has 0 unspecified atom stereocenters. The molecule has 0 bridgehead atoms. The number of sulfonamides is 1. The lowest BCUT2D eigenvalue weighted by Gasteiger charge is -2.16. The summed E-state index contributed by atoms with van der Waals surface area (Å²) >= 11 is 0. The molecule has 0 aliphatic carbocycles. The van der Waals surface area contributed by atoms with E-state index in [1.165, 1.54) is 0 Å². The SMILES string of the molecule is Cc1ccc(/C(=N/NS(=O)(=O)c2ccc(C)cc2)[C@@H](C)c2ccccc2)cc1. The van der Waals surface area contributed by atoms with Gasteiger partial charge in [0.15, 0.2) is 0 Å². The van der Waals surface area contributed by atoms with E-state index < -0.39 is 10.0 Å². The number of aryl methyl sites for hydroxylation is 2. The quantitative estimate of drug-likeness (QED) is 0.484. The molecule has 0 saturated carbocycles. The number of nitrogens with zero attached hydrogens (tertiary/aromatic N) is 1. The third-order valence-electron chi connectivity index (χ3n) is 4.67. The Bertz CT molecular complexity index is 1060. The fourth-order valence-corrected chi connectivity index (χ4v) is 3.73. The standard InChI is InChI=1S/C23H24N2O2S/c1-17-9-13-21(14-10-17)23(19(3)20-7-5-4-6-8-20)24-25-28(26,27)22-15-11-18(2)12-16-22/h4-16,19,25H,1-3H3/b24-23+/t19-/m0/s1. The molecular formula is C23H24N2O2S. The first-order chi connectivity index (χ1) is 13.4. The van der Waals surface area contributed by atoms with Crippen molar-refractivity contribution in [3.63, 3.8) is 0 Å². The summed E-state index contributed by atoms with van der Waals surface area (Å²) in [5.41, 5.74) is 4.75. The number of nitrogens with one attached hydrogen (secondary N) is 1. The first kappa shape index (κ1) is 19.8. The molecule has 3 rings (SSSR count). The van der Waals surface area contributed by atoms with Crippen molar-refractivity contribution in [2.75, 3.05) is 0 Å². The second kappa shape index (κ2) is 8.40. The van der Waals surface area contributed by atoms with Gasteiger partial charge in [-0.15, -0.1) is 0 Å². The first-order valence-corrected chi connectivity index (χ1v) is 10.6. The minimum absolute atomic E-state index is 0.0791. The molecule has 0 heterocycles. The molecule has 0 fully saturated rings. The van der Waals surface area contributed by atoms with Gasteiger partial charge in [0.1, 0.15) is 0 Å². The second-order valence-corrected chi connectivity index (χ2v) is 8.56. The van der Waals surface area contributed by atoms with Crippen LogP contribution in [0, 0.1) is 13.8 Å². The van der Waals surface area contributed by atoms with Crippen molar-refractivity contribution in [3.8, 4) is 0 Å². The molecule has 4 nitrogen and oxygen atoms in total. The summed E-state index contributed by atoms with van der Waals surface area (Å²) in [6.07, 6.45) is 0. The van der Waals surface area contributed by atoms with Crippen LogP contribution >= 0.6 is 0 Å². The molecule has 144 valence electrons. The van der Waals surface area contributed by atoms with Crippen LogP contribution in [0.15, 0.2) is 88.9 Å². The zero-order valence-corrected chi connectivity index (χ0v) is 17.1. The monoisotopic (exact) mass is 392 g/mol. The van der Waals surface area contributed by atoms with Crippen LogP contribution in [0.25, 0.3) is 0 Å². The summed E-state index contributed by atoms with van der Waals surface area (Å²) in [4.78, 5) is 2.61. The largest absolute Gasteiger partial charge is 0.276 e. The van der Waals surface area contributed by atoms with Crippen molar-refractivity contribution < 1.29 is 8.42 Å². The maximum atomic E-state index is 12.7. The second-order valence-electron chi connectivity index (χ2n) is 6.90. The Morgan fingerprint density at radius 2 is 1.36 bits per heavy atom. The molecule has 3 aromatic rings. The lowest BCUT2D eigenvalue weighted by molar-refractivity contribution is 0.584. The van der Waals surface area contributed by atoms with Crippen LogP contribution in [-0.2, 0) is 10.0 Å². The summed E-state index contributed by atoms with van der Waals surface area (Å²) in [6.45, 7) is 5.95. The lowest BCUT2D eigenvalue weighted by atomic mass is 9.91. The van der Waals surface area contributed by atoms with Gasteiger partial charge in [0.05, 0.1) is 10.6 Å². The summed E-state index contributed by atoms with van der Waals surface area (Å²) in [6, 6.07) is 24.6. The van der Waals surface area contributed by atoms with Crippen LogP contribution in [-0.4, -0.2) is 14.1 Å². The summed E-state index contributed by atoms with van der Waals surface area (Å²) < 4.78 is 25.3. The third-order valence-corrected chi connectivity index (χ3v) is 5.90. The molecule has 28 heavy (non-hydrogen) atoms. The van der Waals surface area contributed by atoms with E-state index in [0.717, 1.165) is 22.3 Å². The van der Waals surface area contributed by atoms with Crippen molar-refractivity contribution in [2.24, 2.45) is 5.10 Å². The molecule has 1 atom stereocenters. The van der Waals surface area contributed by atoms with Crippen LogP contribution in [0.5, 0.6) is 0 Å². The molecule has 0 amide bonds. The van der Waals surface area contributed by atoms with E-state index in [4.69, 9.17) is 0 Å². The zero-order chi connectivity index (χ0) is 20.1. The van der Waals surface area contributed by atoms with E-state index in [1.54, 1.807) is 24.3 Å². The van der Waals surface area contributed by atoms with E-state index >= 15 is 0 Å². The Labute approximate surface area is 167 Å². The Kier molecular flexibility index (Phi) is 5.95. The number of benzene rings is 3. The Morgan fingerprint density at radius 1 is 0.821 bits per heavy atom. The smallest absolute Gasteiger partial charge is 0.200 e. The molecule has 0 saturated heterocycles. The molecule has 3 aromatic carbocycles. The van der Waals surface area contributed by atoms with Gasteiger partial charge in [-0.1, -0.05) is 84.8 Å². The van der Waals surface area contributed by atoms with Gasteiger partial charge in [-0.05, 0) is 37.1 Å². The normalized spacial score (nSPS) is 13.2. The van der Waals surface area contributed by atoms with Gasteiger partial charge < -0.3 is 0 Å². The van der Waals surface area contributed by atoms with Gasteiger partial charge in [0.2, 0.25) is 0 Å². The topological polar surface area (TPSA) is 58.5 Å². The molecule has 0 spiro atoms. The highest BCUT2D eigenvalue weighted by atomic mass is 32.2. The van der Waals surface area contributed by atoms with Gasteiger partial charge >= 0.3 is 0 Å². The molecule has 1 N–H and O–H groups in total. The van der Waals surface area contributed by atoms with Gasteiger partial charge in [-0.3, -0.25) is 0 Å². The minimum atomic E-state index is -3.74. The molecular weight excluding hydrogens is 368 g/mol. The molecule has 0 aliphatic heterocycles. The lowest BCUT2D eigenvalue weighted by Crippen LogP contribution is -2.23. The van der Waals surface area contributed by atoms with Gasteiger partial charge in [0, 0.05) is 5.92 Å². The molecule has 0 aliphatic rings. The van der Waals surface area contributed by atoms with Gasteiger partial charge in [0.25, 0.3) is 10.0 Å². The van der Waals surface area contributed by atoms with Gasteiger partial charge in [-0.25, -0.2) is 0 Å². The summed E-state index contributed by atoms with van der Waals surface area (Å²) in [5, 5.41) is 4.35.